The van der Waals surface area contributed by atoms with Gasteiger partial charge in [0.05, 0.1) is 22.0 Å². The maximum atomic E-state index is 11.7. The van der Waals surface area contributed by atoms with Crippen molar-refractivity contribution in [2.45, 2.75) is 45.1 Å². The molecule has 21 heavy (non-hydrogen) atoms. The van der Waals surface area contributed by atoms with E-state index in [4.69, 9.17) is 11.6 Å². The van der Waals surface area contributed by atoms with Crippen LogP contribution in [0.25, 0.3) is 0 Å². The first-order chi connectivity index (χ1) is 10.1. The molecule has 0 bridgehead atoms. The van der Waals surface area contributed by atoms with Gasteiger partial charge < -0.3 is 10.2 Å². The van der Waals surface area contributed by atoms with Gasteiger partial charge in [-0.2, -0.15) is 0 Å². The lowest BCUT2D eigenvalue weighted by atomic mass is 9.93. The number of nitrogens with zero attached hydrogens (tertiary/aromatic N) is 1. The molecule has 0 spiro atoms. The molecule has 2 aliphatic rings. The molecule has 1 aliphatic carbocycles. The molecule has 0 saturated heterocycles. The average Bonchev–Trinajstić information content (AvgIpc) is 2.76. The molecule has 0 atom stereocenters. The topological polar surface area (TPSA) is 49.4 Å². The Morgan fingerprint density at radius 1 is 1.24 bits per heavy atom. The van der Waals surface area contributed by atoms with Crippen LogP contribution in [0.2, 0.25) is 5.02 Å². The number of benzene rings is 1. The van der Waals surface area contributed by atoms with Gasteiger partial charge in [-0.05, 0) is 31.9 Å². The summed E-state index contributed by atoms with van der Waals surface area (Å²) in [6.45, 7) is 2.98. The minimum absolute atomic E-state index is 0.383. The third-order valence-electron chi connectivity index (χ3n) is 4.45. The van der Waals surface area contributed by atoms with Crippen molar-refractivity contribution < 1.29 is 9.59 Å². The summed E-state index contributed by atoms with van der Waals surface area (Å²) in [5, 5.41) is 3.17. The molecule has 0 unspecified atom stereocenters. The number of hydrogen-bond acceptors (Lipinski definition) is 3. The highest BCUT2D eigenvalue weighted by molar-refractivity contribution is 6.52. The molecule has 5 heteroatoms. The number of halogens is 1. The monoisotopic (exact) mass is 306 g/mol. The molecule has 4 nitrogen and oxygen atoms in total. The largest absolute Gasteiger partial charge is 0.368 e. The lowest BCUT2D eigenvalue weighted by Gasteiger charge is -2.36. The van der Waals surface area contributed by atoms with Crippen LogP contribution in [-0.4, -0.2) is 24.3 Å². The standard InChI is InChI=1S/C16H19ClN2O2/c1-2-19(10-6-4-3-5-7-10)14-9-13-11(8-12(14)17)15(20)16(21)18-13/h8-10H,2-7H2,1H3,(H,18,20,21). The summed E-state index contributed by atoms with van der Waals surface area (Å²) >= 11 is 6.38. The van der Waals surface area contributed by atoms with Crippen LogP contribution < -0.4 is 10.2 Å². The summed E-state index contributed by atoms with van der Waals surface area (Å²) in [6.07, 6.45) is 6.15. The molecular formula is C16H19ClN2O2. The Morgan fingerprint density at radius 3 is 2.62 bits per heavy atom. The van der Waals surface area contributed by atoms with Crippen LogP contribution in [0.1, 0.15) is 49.4 Å². The highest BCUT2D eigenvalue weighted by atomic mass is 35.5. The van der Waals surface area contributed by atoms with Crippen molar-refractivity contribution in [1.82, 2.24) is 0 Å². The fraction of sp³-hybridized carbons (Fsp3) is 0.500. The van der Waals surface area contributed by atoms with Crippen LogP contribution >= 0.6 is 11.6 Å². The Bertz CT molecular complexity index is 594. The number of anilines is 2. The first-order valence-corrected chi connectivity index (χ1v) is 7.95. The molecule has 1 aromatic carbocycles. The summed E-state index contributed by atoms with van der Waals surface area (Å²) in [5.41, 5.74) is 1.88. The minimum Gasteiger partial charge on any atom is -0.368 e. The van der Waals surface area contributed by atoms with Crippen molar-refractivity contribution in [3.8, 4) is 0 Å². The molecule has 1 N–H and O–H groups in total. The number of amides is 1. The molecule has 0 radical (unpaired) electrons. The number of rotatable bonds is 3. The zero-order valence-electron chi connectivity index (χ0n) is 12.1. The maximum Gasteiger partial charge on any atom is 0.296 e. The van der Waals surface area contributed by atoms with E-state index in [1.807, 2.05) is 6.07 Å². The Morgan fingerprint density at radius 2 is 1.95 bits per heavy atom. The van der Waals surface area contributed by atoms with Gasteiger partial charge in [-0.25, -0.2) is 0 Å². The number of ketones is 1. The summed E-state index contributed by atoms with van der Waals surface area (Å²) in [4.78, 5) is 25.5. The highest BCUT2D eigenvalue weighted by Gasteiger charge is 2.31. The third-order valence-corrected chi connectivity index (χ3v) is 4.75. The maximum absolute atomic E-state index is 11.7. The molecular weight excluding hydrogens is 288 g/mol. The molecule has 1 fully saturated rings. The van der Waals surface area contributed by atoms with Crippen molar-refractivity contribution >= 4 is 34.7 Å². The van der Waals surface area contributed by atoms with E-state index in [1.165, 1.54) is 32.1 Å². The Balaban J connectivity index is 1.96. The molecule has 0 aromatic heterocycles. The molecule has 3 rings (SSSR count). The first-order valence-electron chi connectivity index (χ1n) is 7.57. The van der Waals surface area contributed by atoms with Gasteiger partial charge in [0.2, 0.25) is 0 Å². The van der Waals surface area contributed by atoms with Crippen molar-refractivity contribution in [3.63, 3.8) is 0 Å². The number of Topliss-reactive ketones (excluding diaryl/α,β-unsaturated/α-hetero) is 1. The van der Waals surface area contributed by atoms with Gasteiger partial charge in [-0.3, -0.25) is 9.59 Å². The van der Waals surface area contributed by atoms with Crippen LogP contribution in [-0.2, 0) is 4.79 Å². The zero-order valence-corrected chi connectivity index (χ0v) is 12.9. The number of carbonyl (C=O) groups excluding carboxylic acids is 2. The van der Waals surface area contributed by atoms with E-state index in [0.29, 0.717) is 22.3 Å². The normalized spacial score (nSPS) is 18.6. The molecule has 1 saturated carbocycles. The minimum atomic E-state index is -0.570. The summed E-state index contributed by atoms with van der Waals surface area (Å²) in [7, 11) is 0. The van der Waals surface area contributed by atoms with Gasteiger partial charge >= 0.3 is 0 Å². The molecule has 1 heterocycles. The van der Waals surface area contributed by atoms with E-state index in [2.05, 4.69) is 17.1 Å². The fourth-order valence-electron chi connectivity index (χ4n) is 3.39. The van der Waals surface area contributed by atoms with Crippen LogP contribution in [0.3, 0.4) is 0 Å². The Kier molecular flexibility index (Phi) is 3.89. The molecule has 1 aliphatic heterocycles. The van der Waals surface area contributed by atoms with Gasteiger partial charge in [0, 0.05) is 12.6 Å². The number of carbonyl (C=O) groups is 2. The second kappa shape index (κ2) is 5.68. The number of hydrogen-bond donors (Lipinski definition) is 1. The van der Waals surface area contributed by atoms with E-state index < -0.39 is 11.7 Å². The average molecular weight is 307 g/mol. The van der Waals surface area contributed by atoms with Crippen molar-refractivity contribution in [2.24, 2.45) is 0 Å². The van der Waals surface area contributed by atoms with Crippen LogP contribution in [0.4, 0.5) is 11.4 Å². The lowest BCUT2D eigenvalue weighted by Crippen LogP contribution is -2.36. The third kappa shape index (κ3) is 2.53. The van der Waals surface area contributed by atoms with Crippen LogP contribution in [0.15, 0.2) is 12.1 Å². The quantitative estimate of drug-likeness (QED) is 0.867. The van der Waals surface area contributed by atoms with Gasteiger partial charge in [-0.1, -0.05) is 30.9 Å². The predicted octanol–water partition coefficient (Wildman–Crippen LogP) is 3.63. The second-order valence-corrected chi connectivity index (χ2v) is 6.12. The van der Waals surface area contributed by atoms with E-state index >= 15 is 0 Å². The second-order valence-electron chi connectivity index (χ2n) is 5.71. The van der Waals surface area contributed by atoms with Crippen LogP contribution in [0, 0.1) is 0 Å². The Labute approximate surface area is 129 Å². The van der Waals surface area contributed by atoms with Crippen molar-refractivity contribution in [2.75, 3.05) is 16.8 Å². The zero-order chi connectivity index (χ0) is 15.0. The van der Waals surface area contributed by atoms with Gasteiger partial charge in [0.1, 0.15) is 0 Å². The Hall–Kier alpha value is -1.55. The molecule has 112 valence electrons. The summed E-state index contributed by atoms with van der Waals surface area (Å²) < 4.78 is 0. The SMILES string of the molecule is CCN(c1cc2c(cc1Cl)C(=O)C(=O)N2)C1CCCCC1. The molecule has 1 aromatic rings. The fourth-order valence-corrected chi connectivity index (χ4v) is 3.66. The van der Waals surface area contributed by atoms with Crippen molar-refractivity contribution in [1.29, 1.82) is 0 Å². The number of fused-ring (bicyclic) bond motifs is 1. The van der Waals surface area contributed by atoms with E-state index in [-0.39, 0.29) is 0 Å². The number of nitrogens with one attached hydrogen (secondary N) is 1. The summed E-state index contributed by atoms with van der Waals surface area (Å²) in [5.74, 6) is -1.07. The van der Waals surface area contributed by atoms with Crippen molar-refractivity contribution in [3.05, 3.63) is 22.7 Å². The summed E-state index contributed by atoms with van der Waals surface area (Å²) in [6, 6.07) is 3.96. The van der Waals surface area contributed by atoms with Crippen LogP contribution in [0.5, 0.6) is 0 Å². The highest BCUT2D eigenvalue weighted by Crippen LogP contribution is 2.37. The van der Waals surface area contributed by atoms with E-state index in [0.717, 1.165) is 12.2 Å². The first kappa shape index (κ1) is 14.4. The smallest absolute Gasteiger partial charge is 0.296 e. The van der Waals surface area contributed by atoms with Gasteiger partial charge in [0.25, 0.3) is 11.7 Å². The van der Waals surface area contributed by atoms with Gasteiger partial charge in [0.15, 0.2) is 0 Å². The van der Waals surface area contributed by atoms with E-state index in [9.17, 15) is 9.59 Å². The molecule has 1 amide bonds. The predicted molar refractivity (Wildman–Crippen MR) is 84.3 cm³/mol. The van der Waals surface area contributed by atoms with Gasteiger partial charge in [-0.15, -0.1) is 0 Å². The lowest BCUT2D eigenvalue weighted by molar-refractivity contribution is -0.112. The van der Waals surface area contributed by atoms with E-state index in [1.54, 1.807) is 6.07 Å².